The molecule has 2 bridgehead atoms. The zero-order chi connectivity index (χ0) is 14.4. The van der Waals surface area contributed by atoms with E-state index < -0.39 is 11.9 Å². The highest BCUT2D eigenvalue weighted by Gasteiger charge is 2.51. The first-order chi connectivity index (χ1) is 9.49. The summed E-state index contributed by atoms with van der Waals surface area (Å²) in [7, 11) is 0. The molecule has 0 spiro atoms. The summed E-state index contributed by atoms with van der Waals surface area (Å²) in [4.78, 5) is 25.6. The molecule has 5 nitrogen and oxygen atoms in total. The number of nitrogens with two attached hydrogens (primary N) is 1. The third-order valence-corrected chi connectivity index (χ3v) is 4.83. The molecule has 1 aromatic carbocycles. The third-order valence-electron chi connectivity index (χ3n) is 4.33. The van der Waals surface area contributed by atoms with Gasteiger partial charge in [-0.3, -0.25) is 9.59 Å². The first-order valence-electron chi connectivity index (χ1n) is 6.59. The van der Waals surface area contributed by atoms with Crippen LogP contribution in [0.15, 0.2) is 22.7 Å². The summed E-state index contributed by atoms with van der Waals surface area (Å²) in [6.45, 7) is 0. The van der Waals surface area contributed by atoms with Crippen molar-refractivity contribution < 1.29 is 14.7 Å². The van der Waals surface area contributed by atoms with E-state index in [0.717, 1.165) is 17.3 Å². The van der Waals surface area contributed by atoms with Crippen LogP contribution in [-0.4, -0.2) is 34.0 Å². The summed E-state index contributed by atoms with van der Waals surface area (Å²) in [6, 6.07) is 5.01. The van der Waals surface area contributed by atoms with Gasteiger partial charge in [-0.25, -0.2) is 0 Å². The molecule has 2 fully saturated rings. The summed E-state index contributed by atoms with van der Waals surface area (Å²) >= 11 is 3.31. The molecular weight excluding hydrogens is 324 g/mol. The first kappa shape index (κ1) is 13.4. The fourth-order valence-corrected chi connectivity index (χ4v) is 3.82. The fraction of sp³-hybridized carbons (Fsp3) is 0.429. The number of carboxylic acids is 1. The number of amides is 1. The second-order valence-electron chi connectivity index (χ2n) is 5.42. The van der Waals surface area contributed by atoms with Gasteiger partial charge >= 0.3 is 5.97 Å². The number of fused-ring (bicyclic) bond motifs is 2. The van der Waals surface area contributed by atoms with Gasteiger partial charge in [-0.15, -0.1) is 0 Å². The van der Waals surface area contributed by atoms with Crippen molar-refractivity contribution in [3.8, 4) is 0 Å². The van der Waals surface area contributed by atoms with Crippen LogP contribution in [0.4, 0.5) is 5.69 Å². The number of nitrogens with zero attached hydrogens (tertiary/aromatic N) is 1. The summed E-state index contributed by atoms with van der Waals surface area (Å²) in [6.07, 6.45) is 2.21. The number of hydrogen-bond donors (Lipinski definition) is 2. The van der Waals surface area contributed by atoms with Crippen molar-refractivity contribution in [2.75, 3.05) is 5.73 Å². The molecule has 0 saturated carbocycles. The molecule has 2 saturated heterocycles. The number of carbonyl (C=O) groups is 2. The summed E-state index contributed by atoms with van der Waals surface area (Å²) < 4.78 is 0.819. The number of benzene rings is 1. The van der Waals surface area contributed by atoms with E-state index >= 15 is 0 Å². The van der Waals surface area contributed by atoms with Gasteiger partial charge in [-0.1, -0.05) is 15.9 Å². The maximum Gasteiger partial charge on any atom is 0.308 e. The Kier molecular flexibility index (Phi) is 3.20. The summed E-state index contributed by atoms with van der Waals surface area (Å²) in [5.41, 5.74) is 6.78. The van der Waals surface area contributed by atoms with Gasteiger partial charge in [0.05, 0.1) is 11.5 Å². The second kappa shape index (κ2) is 4.77. The number of rotatable bonds is 2. The summed E-state index contributed by atoms with van der Waals surface area (Å²) in [5.74, 6) is -1.39. The highest BCUT2D eigenvalue weighted by Crippen LogP contribution is 2.43. The van der Waals surface area contributed by atoms with E-state index in [9.17, 15) is 14.7 Å². The Labute approximate surface area is 124 Å². The Balaban J connectivity index is 1.90. The molecule has 3 unspecified atom stereocenters. The van der Waals surface area contributed by atoms with Gasteiger partial charge in [-0.05, 0) is 37.5 Å². The van der Waals surface area contributed by atoms with Gasteiger partial charge in [0.2, 0.25) is 0 Å². The first-order valence-corrected chi connectivity index (χ1v) is 7.39. The molecule has 106 valence electrons. The van der Waals surface area contributed by atoms with Gasteiger partial charge in [0.15, 0.2) is 0 Å². The van der Waals surface area contributed by atoms with Crippen LogP contribution in [0.2, 0.25) is 0 Å². The maximum absolute atomic E-state index is 12.6. The molecule has 6 heteroatoms. The zero-order valence-electron chi connectivity index (χ0n) is 10.8. The Morgan fingerprint density at radius 3 is 2.70 bits per heavy atom. The van der Waals surface area contributed by atoms with Gasteiger partial charge in [0.1, 0.15) is 0 Å². The molecule has 1 amide bonds. The van der Waals surface area contributed by atoms with Crippen molar-refractivity contribution >= 4 is 33.5 Å². The normalized spacial score (nSPS) is 27.9. The van der Waals surface area contributed by atoms with Gasteiger partial charge in [-0.2, -0.15) is 0 Å². The van der Waals surface area contributed by atoms with Crippen LogP contribution in [0.3, 0.4) is 0 Å². The van der Waals surface area contributed by atoms with Gasteiger partial charge in [0.25, 0.3) is 5.91 Å². The van der Waals surface area contributed by atoms with E-state index in [-0.39, 0.29) is 18.0 Å². The molecule has 0 aliphatic carbocycles. The summed E-state index contributed by atoms with van der Waals surface area (Å²) in [5, 5.41) is 9.23. The zero-order valence-corrected chi connectivity index (χ0v) is 12.3. The lowest BCUT2D eigenvalue weighted by Gasteiger charge is -2.23. The quantitative estimate of drug-likeness (QED) is 0.809. The Morgan fingerprint density at radius 2 is 2.10 bits per heavy atom. The lowest BCUT2D eigenvalue weighted by atomic mass is 9.89. The molecular formula is C14H15BrN2O3. The van der Waals surface area contributed by atoms with Gasteiger partial charge < -0.3 is 15.7 Å². The smallest absolute Gasteiger partial charge is 0.308 e. The van der Waals surface area contributed by atoms with Crippen LogP contribution in [0.1, 0.15) is 29.6 Å². The van der Waals surface area contributed by atoms with Crippen LogP contribution in [0.25, 0.3) is 0 Å². The third kappa shape index (κ3) is 1.98. The minimum absolute atomic E-state index is 0.0386. The molecule has 3 atom stereocenters. The number of carboxylic acid groups (broad SMARTS) is 1. The number of carbonyl (C=O) groups excluding carboxylic acids is 1. The van der Waals surface area contributed by atoms with Crippen molar-refractivity contribution in [2.24, 2.45) is 5.92 Å². The Hall–Kier alpha value is -1.56. The van der Waals surface area contributed by atoms with E-state index in [2.05, 4.69) is 15.9 Å². The number of anilines is 1. The van der Waals surface area contributed by atoms with Crippen LogP contribution in [-0.2, 0) is 4.79 Å². The lowest BCUT2D eigenvalue weighted by molar-refractivity contribution is -0.142. The van der Waals surface area contributed by atoms with Crippen LogP contribution < -0.4 is 5.73 Å². The molecule has 1 aromatic rings. The van der Waals surface area contributed by atoms with E-state index in [0.29, 0.717) is 17.7 Å². The monoisotopic (exact) mass is 338 g/mol. The molecule has 20 heavy (non-hydrogen) atoms. The SMILES string of the molecule is Nc1cc(Br)ccc1C(=O)N1C2CCC1C(C(=O)O)C2. The van der Waals surface area contributed by atoms with Crippen LogP contribution >= 0.6 is 15.9 Å². The van der Waals surface area contributed by atoms with Crippen molar-refractivity contribution in [3.63, 3.8) is 0 Å². The predicted molar refractivity (Wildman–Crippen MR) is 77.3 cm³/mol. The molecule has 3 rings (SSSR count). The van der Waals surface area contributed by atoms with Crippen molar-refractivity contribution in [2.45, 2.75) is 31.3 Å². The topological polar surface area (TPSA) is 83.6 Å². The number of halogens is 1. The molecule has 2 aliphatic heterocycles. The minimum atomic E-state index is -0.807. The highest BCUT2D eigenvalue weighted by atomic mass is 79.9. The Morgan fingerprint density at radius 1 is 1.35 bits per heavy atom. The standard InChI is InChI=1S/C14H15BrN2O3/c15-7-1-3-9(11(16)5-7)13(18)17-8-2-4-12(17)10(6-8)14(19)20/h1,3,5,8,10,12H,2,4,6,16H2,(H,19,20). The van der Waals surface area contributed by atoms with E-state index in [1.165, 1.54) is 0 Å². The van der Waals surface area contributed by atoms with Crippen LogP contribution in [0, 0.1) is 5.92 Å². The molecule has 0 aromatic heterocycles. The van der Waals surface area contributed by atoms with Crippen LogP contribution in [0.5, 0.6) is 0 Å². The second-order valence-corrected chi connectivity index (χ2v) is 6.34. The Bertz CT molecular complexity index is 590. The van der Waals surface area contributed by atoms with Crippen molar-refractivity contribution in [3.05, 3.63) is 28.2 Å². The number of nitrogen functional groups attached to an aromatic ring is 1. The average Bonchev–Trinajstić information content (AvgIpc) is 2.95. The number of aliphatic carboxylic acids is 1. The van der Waals surface area contributed by atoms with E-state index in [1.54, 1.807) is 23.1 Å². The van der Waals surface area contributed by atoms with E-state index in [1.807, 2.05) is 0 Å². The minimum Gasteiger partial charge on any atom is -0.481 e. The van der Waals surface area contributed by atoms with Gasteiger partial charge in [0, 0.05) is 22.2 Å². The molecule has 2 heterocycles. The van der Waals surface area contributed by atoms with Crippen molar-refractivity contribution in [1.29, 1.82) is 0 Å². The average molecular weight is 339 g/mol. The largest absolute Gasteiger partial charge is 0.481 e. The highest BCUT2D eigenvalue weighted by molar-refractivity contribution is 9.10. The predicted octanol–water partition coefficient (Wildman–Crippen LogP) is 2.11. The van der Waals surface area contributed by atoms with E-state index in [4.69, 9.17) is 5.73 Å². The molecule has 0 radical (unpaired) electrons. The molecule has 2 aliphatic rings. The van der Waals surface area contributed by atoms with Crippen molar-refractivity contribution in [1.82, 2.24) is 4.90 Å². The maximum atomic E-state index is 12.6. The lowest BCUT2D eigenvalue weighted by Crippen LogP contribution is -2.38. The fourth-order valence-electron chi connectivity index (χ4n) is 3.44. The number of hydrogen-bond acceptors (Lipinski definition) is 3. The molecule has 3 N–H and O–H groups in total.